The van der Waals surface area contributed by atoms with E-state index >= 15 is 0 Å². The van der Waals surface area contributed by atoms with Gasteiger partial charge < -0.3 is 0 Å². The zero-order chi connectivity index (χ0) is 13.2. The van der Waals surface area contributed by atoms with E-state index in [0.29, 0.717) is 11.6 Å². The minimum atomic E-state index is -3.39. The van der Waals surface area contributed by atoms with Crippen LogP contribution in [0.4, 0.5) is 0 Å². The van der Waals surface area contributed by atoms with E-state index in [1.165, 1.54) is 23.6 Å². The van der Waals surface area contributed by atoms with Crippen LogP contribution < -0.4 is 0 Å². The fourth-order valence-electron chi connectivity index (χ4n) is 1.45. The summed E-state index contributed by atoms with van der Waals surface area (Å²) in [7, 11) is -3.39. The second-order valence-electron chi connectivity index (χ2n) is 4.26. The molecule has 4 nitrogen and oxygen atoms in total. The predicted molar refractivity (Wildman–Crippen MR) is 71.3 cm³/mol. The van der Waals surface area contributed by atoms with Gasteiger partial charge in [0.1, 0.15) is 0 Å². The maximum atomic E-state index is 12.1. The number of hydrogen-bond acceptors (Lipinski definition) is 5. The Morgan fingerprint density at radius 1 is 1.33 bits per heavy atom. The van der Waals surface area contributed by atoms with Crippen molar-refractivity contribution in [1.29, 1.82) is 0 Å². The summed E-state index contributed by atoms with van der Waals surface area (Å²) < 4.78 is 24.2. The van der Waals surface area contributed by atoms with Crippen LogP contribution in [0, 0.1) is 0 Å². The first kappa shape index (κ1) is 13.2. The van der Waals surface area contributed by atoms with E-state index in [1.54, 1.807) is 17.5 Å². The van der Waals surface area contributed by atoms with Crippen LogP contribution in [0.25, 0.3) is 0 Å². The molecule has 0 aliphatic carbocycles. The quantitative estimate of drug-likeness (QED) is 0.865. The average molecular weight is 282 g/mol. The van der Waals surface area contributed by atoms with Gasteiger partial charge in [0.05, 0.1) is 16.5 Å². The summed E-state index contributed by atoms with van der Waals surface area (Å²) in [4.78, 5) is 8.21. The molecule has 0 bridgehead atoms. The fraction of sp³-hybridized carbons (Fsp3) is 0.333. The molecule has 0 N–H and O–H groups in total. The highest BCUT2D eigenvalue weighted by Gasteiger charge is 2.18. The molecule has 0 aliphatic heterocycles. The molecule has 2 heterocycles. The Balaban J connectivity index is 2.23. The highest BCUT2D eigenvalue weighted by Crippen LogP contribution is 2.21. The van der Waals surface area contributed by atoms with Crippen molar-refractivity contribution in [2.24, 2.45) is 0 Å². The zero-order valence-corrected chi connectivity index (χ0v) is 11.8. The molecule has 0 fully saturated rings. The van der Waals surface area contributed by atoms with Crippen molar-refractivity contribution < 1.29 is 8.42 Å². The standard InChI is InChI=1S/C12H14N2O2S2/c1-9(2)12-14-10(7-17-12)8-18(15,16)11-5-3-4-6-13-11/h3-7,9H,8H2,1-2H3. The molecule has 0 saturated carbocycles. The number of pyridine rings is 1. The maximum Gasteiger partial charge on any atom is 0.201 e. The van der Waals surface area contributed by atoms with Gasteiger partial charge in [0.2, 0.25) is 9.84 Å². The normalized spacial score (nSPS) is 11.9. The van der Waals surface area contributed by atoms with Gasteiger partial charge in [-0.15, -0.1) is 11.3 Å². The fourth-order valence-corrected chi connectivity index (χ4v) is 3.59. The molecule has 18 heavy (non-hydrogen) atoms. The van der Waals surface area contributed by atoms with Crippen molar-refractivity contribution in [3.8, 4) is 0 Å². The first-order valence-corrected chi connectivity index (χ1v) is 8.10. The van der Waals surface area contributed by atoms with Crippen molar-refractivity contribution >= 4 is 21.2 Å². The van der Waals surface area contributed by atoms with E-state index in [2.05, 4.69) is 9.97 Å². The largest absolute Gasteiger partial charge is 0.245 e. The van der Waals surface area contributed by atoms with E-state index in [-0.39, 0.29) is 10.8 Å². The molecule has 6 heteroatoms. The minimum Gasteiger partial charge on any atom is -0.245 e. The molecule has 0 unspecified atom stereocenters. The first-order valence-electron chi connectivity index (χ1n) is 5.57. The average Bonchev–Trinajstić information content (AvgIpc) is 2.78. The van der Waals surface area contributed by atoms with Gasteiger partial charge in [-0.05, 0) is 12.1 Å². The van der Waals surface area contributed by atoms with E-state index in [0.717, 1.165) is 5.01 Å². The van der Waals surface area contributed by atoms with Crippen molar-refractivity contribution in [2.75, 3.05) is 0 Å². The van der Waals surface area contributed by atoms with Crippen LogP contribution in [0.3, 0.4) is 0 Å². The lowest BCUT2D eigenvalue weighted by Crippen LogP contribution is -2.07. The number of sulfone groups is 1. The topological polar surface area (TPSA) is 59.9 Å². The molecule has 2 aromatic rings. The molecule has 0 aliphatic rings. The van der Waals surface area contributed by atoms with E-state index in [4.69, 9.17) is 0 Å². The van der Waals surface area contributed by atoms with Crippen LogP contribution in [0.1, 0.15) is 30.5 Å². The van der Waals surface area contributed by atoms with Crippen molar-refractivity contribution in [3.63, 3.8) is 0 Å². The van der Waals surface area contributed by atoms with Crippen LogP contribution in [-0.4, -0.2) is 18.4 Å². The highest BCUT2D eigenvalue weighted by molar-refractivity contribution is 7.90. The van der Waals surface area contributed by atoms with Crippen LogP contribution >= 0.6 is 11.3 Å². The van der Waals surface area contributed by atoms with Crippen molar-refractivity contribution in [1.82, 2.24) is 9.97 Å². The Morgan fingerprint density at radius 2 is 2.11 bits per heavy atom. The molecular weight excluding hydrogens is 268 g/mol. The molecule has 0 saturated heterocycles. The number of hydrogen-bond donors (Lipinski definition) is 0. The lowest BCUT2D eigenvalue weighted by atomic mass is 10.2. The number of aromatic nitrogens is 2. The van der Waals surface area contributed by atoms with E-state index in [9.17, 15) is 8.42 Å². The summed E-state index contributed by atoms with van der Waals surface area (Å²) in [6.07, 6.45) is 1.48. The monoisotopic (exact) mass is 282 g/mol. The van der Waals surface area contributed by atoms with Crippen molar-refractivity contribution in [3.05, 3.63) is 40.5 Å². The highest BCUT2D eigenvalue weighted by atomic mass is 32.2. The summed E-state index contributed by atoms with van der Waals surface area (Å²) in [6.45, 7) is 4.08. The minimum absolute atomic E-state index is 0.0900. The Morgan fingerprint density at radius 3 is 2.67 bits per heavy atom. The molecule has 0 atom stereocenters. The lowest BCUT2D eigenvalue weighted by Gasteiger charge is -2.01. The maximum absolute atomic E-state index is 12.1. The van der Waals surface area contributed by atoms with Gasteiger partial charge in [0.15, 0.2) is 5.03 Å². The number of nitrogens with zero attached hydrogens (tertiary/aromatic N) is 2. The third kappa shape index (κ3) is 2.94. The van der Waals surface area contributed by atoms with Gasteiger partial charge in [0, 0.05) is 17.5 Å². The molecule has 0 radical (unpaired) electrons. The van der Waals surface area contributed by atoms with Gasteiger partial charge >= 0.3 is 0 Å². The molecule has 0 amide bonds. The summed E-state index contributed by atoms with van der Waals surface area (Å²) in [5.74, 6) is 0.231. The first-order chi connectivity index (χ1) is 8.49. The summed E-state index contributed by atoms with van der Waals surface area (Å²) in [6, 6.07) is 4.87. The third-order valence-electron chi connectivity index (χ3n) is 2.36. The summed E-state index contributed by atoms with van der Waals surface area (Å²) >= 11 is 1.50. The van der Waals surface area contributed by atoms with Gasteiger partial charge in [-0.2, -0.15) is 0 Å². The SMILES string of the molecule is CC(C)c1nc(CS(=O)(=O)c2ccccn2)cs1. The zero-order valence-electron chi connectivity index (χ0n) is 10.2. The Bertz CT molecular complexity index is 619. The molecule has 0 spiro atoms. The molecular formula is C12H14N2O2S2. The number of rotatable bonds is 4. The second-order valence-corrected chi connectivity index (χ2v) is 7.08. The summed E-state index contributed by atoms with van der Waals surface area (Å²) in [5, 5.41) is 2.86. The van der Waals surface area contributed by atoms with Crippen molar-refractivity contribution in [2.45, 2.75) is 30.5 Å². The molecule has 2 rings (SSSR count). The smallest absolute Gasteiger partial charge is 0.201 e. The lowest BCUT2D eigenvalue weighted by molar-refractivity contribution is 0.591. The van der Waals surface area contributed by atoms with E-state index < -0.39 is 9.84 Å². The third-order valence-corrected chi connectivity index (χ3v) is 5.11. The Hall–Kier alpha value is -1.27. The second kappa shape index (κ2) is 5.16. The van der Waals surface area contributed by atoms with Crippen LogP contribution in [0.2, 0.25) is 0 Å². The summed E-state index contributed by atoms with van der Waals surface area (Å²) in [5.41, 5.74) is 0.592. The van der Waals surface area contributed by atoms with Gasteiger partial charge in [-0.25, -0.2) is 18.4 Å². The molecule has 0 aromatic carbocycles. The van der Waals surface area contributed by atoms with Crippen LogP contribution in [-0.2, 0) is 15.6 Å². The Labute approximate surface area is 111 Å². The Kier molecular flexibility index (Phi) is 3.77. The number of thiazole rings is 1. The van der Waals surface area contributed by atoms with Crippen LogP contribution in [0.5, 0.6) is 0 Å². The van der Waals surface area contributed by atoms with Crippen LogP contribution in [0.15, 0.2) is 34.8 Å². The van der Waals surface area contributed by atoms with Gasteiger partial charge in [-0.3, -0.25) is 0 Å². The molecule has 96 valence electrons. The predicted octanol–water partition coefficient (Wildman–Crippen LogP) is 2.64. The van der Waals surface area contributed by atoms with Gasteiger partial charge in [0.25, 0.3) is 0 Å². The van der Waals surface area contributed by atoms with E-state index in [1.807, 2.05) is 13.8 Å². The van der Waals surface area contributed by atoms with Gasteiger partial charge in [-0.1, -0.05) is 19.9 Å². The molecule has 2 aromatic heterocycles.